The van der Waals surface area contributed by atoms with Gasteiger partial charge in [0, 0.05) is 19.8 Å². The Kier molecular flexibility index (Phi) is 8.00. The molecule has 0 amide bonds. The average molecular weight is 463 g/mol. The molecule has 0 radical (unpaired) electrons. The molecule has 0 aliphatic rings. The van der Waals surface area contributed by atoms with Crippen LogP contribution < -0.4 is 10.6 Å². The first-order valence-corrected chi connectivity index (χ1v) is 8.08. The Morgan fingerprint density at radius 1 is 1.08 bits per heavy atom. The van der Waals surface area contributed by atoms with Gasteiger partial charge in [0.1, 0.15) is 12.7 Å². The predicted molar refractivity (Wildman–Crippen MR) is 112 cm³/mol. The van der Waals surface area contributed by atoms with E-state index in [9.17, 15) is 0 Å². The molecule has 0 aliphatic carbocycles. The minimum Gasteiger partial charge on any atom is -0.352 e. The van der Waals surface area contributed by atoms with E-state index < -0.39 is 0 Å². The normalized spacial score (nSPS) is 10.9. The van der Waals surface area contributed by atoms with Crippen molar-refractivity contribution >= 4 is 29.9 Å². The first kappa shape index (κ1) is 19.8. The second-order valence-corrected chi connectivity index (χ2v) is 5.51. The van der Waals surface area contributed by atoms with Gasteiger partial charge in [0.05, 0.1) is 18.8 Å². The zero-order chi connectivity index (χ0) is 17.3. The maximum absolute atomic E-state index is 4.29. The summed E-state index contributed by atoms with van der Waals surface area (Å²) >= 11 is 0. The minimum atomic E-state index is 0. The molecule has 136 valence electrons. The molecule has 8 heteroatoms. The van der Waals surface area contributed by atoms with Crippen molar-refractivity contribution in [3.05, 3.63) is 78.1 Å². The highest BCUT2D eigenvalue weighted by atomic mass is 127. The predicted octanol–water partition coefficient (Wildman–Crippen LogP) is 2.20. The van der Waals surface area contributed by atoms with E-state index >= 15 is 0 Å². The molecule has 0 unspecified atom stereocenters. The molecule has 2 aromatic heterocycles. The molecule has 0 aliphatic heterocycles. The van der Waals surface area contributed by atoms with E-state index in [0.29, 0.717) is 19.6 Å². The number of aliphatic imine (C=N–C) groups is 1. The second kappa shape index (κ2) is 10.5. The Morgan fingerprint density at radius 3 is 2.65 bits per heavy atom. The zero-order valence-corrected chi connectivity index (χ0v) is 16.9. The number of halogens is 1. The van der Waals surface area contributed by atoms with Crippen LogP contribution in [0.5, 0.6) is 0 Å². The third-order valence-corrected chi connectivity index (χ3v) is 3.65. The number of aromatic nitrogens is 4. The van der Waals surface area contributed by atoms with E-state index in [1.165, 1.54) is 11.1 Å². The van der Waals surface area contributed by atoms with E-state index in [2.05, 4.69) is 48.9 Å². The van der Waals surface area contributed by atoms with Gasteiger partial charge in [0.25, 0.3) is 0 Å². The first-order valence-electron chi connectivity index (χ1n) is 8.08. The van der Waals surface area contributed by atoms with E-state index in [4.69, 9.17) is 0 Å². The van der Waals surface area contributed by atoms with Gasteiger partial charge in [-0.05, 0) is 23.3 Å². The molecule has 0 spiro atoms. The molecule has 2 heterocycles. The summed E-state index contributed by atoms with van der Waals surface area (Å²) in [6.45, 7) is 2.03. The Balaban J connectivity index is 0.00000243. The fraction of sp³-hybridized carbons (Fsp3) is 0.222. The van der Waals surface area contributed by atoms with Crippen molar-refractivity contribution in [2.75, 3.05) is 7.05 Å². The SMILES string of the molecule is CN=C(NCc1cccc(Cn2cncn2)c1)NCc1ccccn1.I. The summed E-state index contributed by atoms with van der Waals surface area (Å²) in [5.41, 5.74) is 3.33. The fourth-order valence-electron chi connectivity index (χ4n) is 2.42. The molecule has 3 aromatic rings. The van der Waals surface area contributed by atoms with E-state index in [1.807, 2.05) is 24.3 Å². The van der Waals surface area contributed by atoms with Gasteiger partial charge in [-0.2, -0.15) is 5.10 Å². The number of hydrogen-bond acceptors (Lipinski definition) is 4. The fourth-order valence-corrected chi connectivity index (χ4v) is 2.42. The van der Waals surface area contributed by atoms with Crippen LogP contribution in [0.1, 0.15) is 16.8 Å². The molecular weight excluding hydrogens is 441 g/mol. The Hall–Kier alpha value is -2.49. The van der Waals surface area contributed by atoms with Gasteiger partial charge in [-0.15, -0.1) is 24.0 Å². The summed E-state index contributed by atoms with van der Waals surface area (Å²) in [6.07, 6.45) is 5.05. The van der Waals surface area contributed by atoms with Gasteiger partial charge < -0.3 is 10.6 Å². The van der Waals surface area contributed by atoms with Crippen LogP contribution in [0, 0.1) is 0 Å². The van der Waals surface area contributed by atoms with Crippen molar-refractivity contribution in [1.29, 1.82) is 0 Å². The molecule has 0 saturated carbocycles. The van der Waals surface area contributed by atoms with E-state index in [1.54, 1.807) is 30.6 Å². The van der Waals surface area contributed by atoms with Crippen LogP contribution in [0.15, 0.2) is 66.3 Å². The number of benzene rings is 1. The lowest BCUT2D eigenvalue weighted by atomic mass is 10.1. The highest BCUT2D eigenvalue weighted by Gasteiger charge is 2.01. The van der Waals surface area contributed by atoms with Crippen LogP contribution in [-0.2, 0) is 19.6 Å². The summed E-state index contributed by atoms with van der Waals surface area (Å²) in [5, 5.41) is 10.7. The summed E-state index contributed by atoms with van der Waals surface area (Å²) in [4.78, 5) is 12.5. The molecule has 0 atom stereocenters. The number of guanidine groups is 1. The van der Waals surface area contributed by atoms with Crippen LogP contribution >= 0.6 is 24.0 Å². The number of hydrogen-bond donors (Lipinski definition) is 2. The maximum atomic E-state index is 4.29. The second-order valence-electron chi connectivity index (χ2n) is 5.51. The number of pyridine rings is 1. The van der Waals surface area contributed by atoms with Gasteiger partial charge in [-0.25, -0.2) is 9.67 Å². The maximum Gasteiger partial charge on any atom is 0.191 e. The number of nitrogens with one attached hydrogen (secondary N) is 2. The van der Waals surface area contributed by atoms with Gasteiger partial charge >= 0.3 is 0 Å². The Labute approximate surface area is 170 Å². The van der Waals surface area contributed by atoms with Gasteiger partial charge in [-0.1, -0.05) is 30.3 Å². The molecule has 3 rings (SSSR count). The first-order chi connectivity index (χ1) is 12.3. The third-order valence-electron chi connectivity index (χ3n) is 3.65. The quantitative estimate of drug-likeness (QED) is 0.333. The summed E-state index contributed by atoms with van der Waals surface area (Å²) < 4.78 is 1.81. The van der Waals surface area contributed by atoms with Crippen molar-refractivity contribution in [2.24, 2.45) is 4.99 Å². The molecular formula is C18H22IN7. The highest BCUT2D eigenvalue weighted by Crippen LogP contribution is 2.06. The third kappa shape index (κ3) is 6.10. The van der Waals surface area contributed by atoms with Gasteiger partial charge in [0.15, 0.2) is 5.96 Å². The Bertz CT molecular complexity index is 803. The van der Waals surface area contributed by atoms with Crippen LogP contribution in [0.4, 0.5) is 0 Å². The molecule has 7 nitrogen and oxygen atoms in total. The molecule has 1 aromatic carbocycles. The topological polar surface area (TPSA) is 80.0 Å². The van der Waals surface area contributed by atoms with Crippen molar-refractivity contribution in [1.82, 2.24) is 30.4 Å². The van der Waals surface area contributed by atoms with Gasteiger partial charge in [0.2, 0.25) is 0 Å². The van der Waals surface area contributed by atoms with Crippen molar-refractivity contribution < 1.29 is 0 Å². The smallest absolute Gasteiger partial charge is 0.191 e. The molecule has 0 bridgehead atoms. The lowest BCUT2D eigenvalue weighted by Gasteiger charge is -2.12. The highest BCUT2D eigenvalue weighted by molar-refractivity contribution is 14.0. The van der Waals surface area contributed by atoms with Crippen molar-refractivity contribution in [3.8, 4) is 0 Å². The van der Waals surface area contributed by atoms with Crippen molar-refractivity contribution in [2.45, 2.75) is 19.6 Å². The number of rotatable bonds is 6. The molecule has 0 saturated heterocycles. The van der Waals surface area contributed by atoms with Gasteiger partial charge in [-0.3, -0.25) is 9.98 Å². The lowest BCUT2D eigenvalue weighted by Crippen LogP contribution is -2.36. The number of nitrogens with zero attached hydrogens (tertiary/aromatic N) is 5. The average Bonchev–Trinajstić information content (AvgIpc) is 3.16. The summed E-state index contributed by atoms with van der Waals surface area (Å²) in [5.74, 6) is 0.743. The molecule has 26 heavy (non-hydrogen) atoms. The summed E-state index contributed by atoms with van der Waals surface area (Å²) in [6, 6.07) is 14.2. The summed E-state index contributed by atoms with van der Waals surface area (Å²) in [7, 11) is 1.76. The van der Waals surface area contributed by atoms with Crippen LogP contribution in [0.3, 0.4) is 0 Å². The molecule has 2 N–H and O–H groups in total. The van der Waals surface area contributed by atoms with Crippen LogP contribution in [0.2, 0.25) is 0 Å². The minimum absolute atomic E-state index is 0. The largest absolute Gasteiger partial charge is 0.352 e. The van der Waals surface area contributed by atoms with E-state index in [-0.39, 0.29) is 24.0 Å². The Morgan fingerprint density at radius 2 is 1.92 bits per heavy atom. The van der Waals surface area contributed by atoms with Crippen molar-refractivity contribution in [3.63, 3.8) is 0 Å². The van der Waals surface area contributed by atoms with Crippen LogP contribution in [-0.4, -0.2) is 32.8 Å². The zero-order valence-electron chi connectivity index (χ0n) is 14.5. The van der Waals surface area contributed by atoms with Crippen LogP contribution in [0.25, 0.3) is 0 Å². The van der Waals surface area contributed by atoms with E-state index in [0.717, 1.165) is 11.7 Å². The monoisotopic (exact) mass is 463 g/mol. The lowest BCUT2D eigenvalue weighted by molar-refractivity contribution is 0.683. The standard InChI is InChI=1S/C18H21N7.HI/c1-19-18(23-11-17-7-2-3-8-21-17)22-10-15-5-4-6-16(9-15)12-25-14-20-13-24-25;/h2-9,13-14H,10-12H2,1H3,(H2,19,22,23);1H. The molecule has 0 fully saturated rings.